The van der Waals surface area contributed by atoms with E-state index in [9.17, 15) is 27.6 Å². The predicted molar refractivity (Wildman–Crippen MR) is 133 cm³/mol. The number of fused-ring (bicyclic) bond motifs is 1. The van der Waals surface area contributed by atoms with Gasteiger partial charge < -0.3 is 9.64 Å². The van der Waals surface area contributed by atoms with Crippen LogP contribution in [0.15, 0.2) is 36.5 Å². The van der Waals surface area contributed by atoms with Crippen molar-refractivity contribution in [3.05, 3.63) is 58.9 Å². The predicted octanol–water partition coefficient (Wildman–Crippen LogP) is 3.65. The van der Waals surface area contributed by atoms with Gasteiger partial charge in [0, 0.05) is 49.8 Å². The number of alkyl halides is 3. The maximum Gasteiger partial charge on any atom is 0.433 e. The number of imide groups is 1. The number of amides is 3. The molecule has 1 unspecified atom stereocenters. The molecule has 206 valence electrons. The fourth-order valence-corrected chi connectivity index (χ4v) is 6.24. The molecule has 0 radical (unpaired) electrons. The van der Waals surface area contributed by atoms with Gasteiger partial charge in [0.2, 0.25) is 11.8 Å². The number of nitrogens with zero attached hydrogens (tertiary/aromatic N) is 3. The highest BCUT2D eigenvalue weighted by Crippen LogP contribution is 2.37. The summed E-state index contributed by atoms with van der Waals surface area (Å²) in [5.74, 6) is -0.151. The van der Waals surface area contributed by atoms with Crippen molar-refractivity contribution < 1.29 is 32.3 Å². The minimum absolute atomic E-state index is 0.0353. The Labute approximate surface area is 223 Å². The average molecular weight is 543 g/mol. The molecule has 2 aromatic rings. The van der Waals surface area contributed by atoms with Crippen molar-refractivity contribution in [3.63, 3.8) is 0 Å². The molecule has 1 aromatic carbocycles. The summed E-state index contributed by atoms with van der Waals surface area (Å²) in [7, 11) is 0. The number of likely N-dealkylation sites (tertiary alicyclic amines) is 1. The molecule has 3 aliphatic heterocycles. The molecule has 39 heavy (non-hydrogen) atoms. The van der Waals surface area contributed by atoms with Gasteiger partial charge in [0.05, 0.1) is 0 Å². The number of hydrogen-bond donors (Lipinski definition) is 1. The van der Waals surface area contributed by atoms with Crippen LogP contribution in [-0.4, -0.2) is 63.8 Å². The summed E-state index contributed by atoms with van der Waals surface area (Å²) < 4.78 is 45.0. The third kappa shape index (κ3) is 4.99. The van der Waals surface area contributed by atoms with Crippen LogP contribution in [0.4, 0.5) is 13.2 Å². The molecule has 1 aromatic heterocycles. The molecule has 4 heterocycles. The van der Waals surface area contributed by atoms with Gasteiger partial charge in [-0.2, -0.15) is 13.2 Å². The van der Waals surface area contributed by atoms with Crippen LogP contribution < -0.4 is 10.1 Å². The number of aromatic nitrogens is 1. The SMILES string of the molecule is O=C1CCC(N2Cc3cc(O[C@H]4CCCC[C@@H]4N4CC(c5ccc(C(F)(F)F)nc5)C4)ccc3C2=O)C(=O)N1. The molecule has 1 aliphatic carbocycles. The van der Waals surface area contributed by atoms with Gasteiger partial charge in [-0.3, -0.25) is 29.6 Å². The molecule has 2 saturated heterocycles. The third-order valence-electron chi connectivity index (χ3n) is 8.38. The molecule has 3 fully saturated rings. The first-order chi connectivity index (χ1) is 18.7. The molecular weight excluding hydrogens is 513 g/mol. The summed E-state index contributed by atoms with van der Waals surface area (Å²) in [6.07, 6.45) is 1.40. The highest BCUT2D eigenvalue weighted by Gasteiger charge is 2.41. The van der Waals surface area contributed by atoms with Gasteiger partial charge in [-0.1, -0.05) is 12.5 Å². The van der Waals surface area contributed by atoms with Gasteiger partial charge in [0.25, 0.3) is 5.91 Å². The van der Waals surface area contributed by atoms with Crippen molar-refractivity contribution in [3.8, 4) is 5.75 Å². The molecule has 4 aliphatic rings. The highest BCUT2D eigenvalue weighted by molar-refractivity contribution is 6.05. The Morgan fingerprint density at radius 2 is 1.79 bits per heavy atom. The smallest absolute Gasteiger partial charge is 0.433 e. The summed E-state index contributed by atoms with van der Waals surface area (Å²) >= 11 is 0. The summed E-state index contributed by atoms with van der Waals surface area (Å²) in [4.78, 5) is 44.3. The molecule has 8 nitrogen and oxygen atoms in total. The lowest BCUT2D eigenvalue weighted by Crippen LogP contribution is -2.57. The van der Waals surface area contributed by atoms with E-state index in [2.05, 4.69) is 15.2 Å². The van der Waals surface area contributed by atoms with E-state index in [0.717, 1.165) is 56.0 Å². The van der Waals surface area contributed by atoms with E-state index in [1.807, 2.05) is 6.07 Å². The van der Waals surface area contributed by atoms with E-state index in [4.69, 9.17) is 4.74 Å². The van der Waals surface area contributed by atoms with Crippen molar-refractivity contribution >= 4 is 17.7 Å². The normalized spacial score (nSPS) is 26.3. The first-order valence-electron chi connectivity index (χ1n) is 13.4. The first kappa shape index (κ1) is 25.8. The Kier molecular flexibility index (Phi) is 6.57. The molecule has 11 heteroatoms. The zero-order valence-electron chi connectivity index (χ0n) is 21.2. The summed E-state index contributed by atoms with van der Waals surface area (Å²) in [5, 5.41) is 2.32. The quantitative estimate of drug-likeness (QED) is 0.580. The standard InChI is InChI=1S/C28H29F3N4O4/c29-28(30,31)24-9-5-16(12-32-24)18-13-34(14-18)21-3-1-2-4-23(21)39-19-6-7-20-17(11-19)15-35(27(20)38)22-8-10-25(36)33-26(22)37/h5-7,9,11-12,18,21-23H,1-4,8,10,13-15H2,(H,33,36,37)/t21-,22?,23-/m0/s1. The average Bonchev–Trinajstić information content (AvgIpc) is 3.19. The van der Waals surface area contributed by atoms with Crippen molar-refractivity contribution in [1.82, 2.24) is 20.1 Å². The van der Waals surface area contributed by atoms with Crippen molar-refractivity contribution in [2.45, 2.75) is 75.4 Å². The summed E-state index contributed by atoms with van der Waals surface area (Å²) in [6, 6.07) is 7.52. The fourth-order valence-electron chi connectivity index (χ4n) is 6.24. The van der Waals surface area contributed by atoms with Crippen LogP contribution in [0.5, 0.6) is 5.75 Å². The van der Waals surface area contributed by atoms with Gasteiger partial charge in [-0.15, -0.1) is 0 Å². The Hall–Kier alpha value is -3.47. The second kappa shape index (κ2) is 9.93. The molecule has 1 N–H and O–H groups in total. The minimum Gasteiger partial charge on any atom is -0.489 e. The Balaban J connectivity index is 1.09. The summed E-state index contributed by atoms with van der Waals surface area (Å²) in [5.41, 5.74) is 1.28. The molecule has 0 bridgehead atoms. The second-order valence-corrected chi connectivity index (χ2v) is 10.9. The van der Waals surface area contributed by atoms with Gasteiger partial charge in [0.1, 0.15) is 23.6 Å². The van der Waals surface area contributed by atoms with E-state index in [1.165, 1.54) is 17.2 Å². The van der Waals surface area contributed by atoms with E-state index >= 15 is 0 Å². The maximum atomic E-state index is 13.0. The largest absolute Gasteiger partial charge is 0.489 e. The Morgan fingerprint density at radius 1 is 1.00 bits per heavy atom. The molecule has 1 saturated carbocycles. The van der Waals surface area contributed by atoms with Gasteiger partial charge in [-0.05, 0) is 61.1 Å². The third-order valence-corrected chi connectivity index (χ3v) is 8.38. The van der Waals surface area contributed by atoms with Crippen LogP contribution in [-0.2, 0) is 22.3 Å². The van der Waals surface area contributed by atoms with Crippen LogP contribution >= 0.6 is 0 Å². The van der Waals surface area contributed by atoms with E-state index in [1.54, 1.807) is 12.1 Å². The Morgan fingerprint density at radius 3 is 2.51 bits per heavy atom. The minimum atomic E-state index is -4.44. The number of carbonyl (C=O) groups is 3. The lowest BCUT2D eigenvalue weighted by atomic mass is 9.84. The summed E-state index contributed by atoms with van der Waals surface area (Å²) in [6.45, 7) is 1.79. The first-order valence-corrected chi connectivity index (χ1v) is 13.4. The van der Waals surface area contributed by atoms with Crippen LogP contribution in [0.25, 0.3) is 0 Å². The number of ether oxygens (including phenoxy) is 1. The zero-order valence-corrected chi connectivity index (χ0v) is 21.2. The van der Waals surface area contributed by atoms with Gasteiger partial charge in [0.15, 0.2) is 0 Å². The number of pyridine rings is 1. The number of halogens is 3. The molecular formula is C28H29F3N4O4. The van der Waals surface area contributed by atoms with E-state index in [-0.39, 0.29) is 36.3 Å². The number of rotatable bonds is 5. The number of nitrogens with one attached hydrogen (secondary N) is 1. The fraction of sp³-hybridized carbons (Fsp3) is 0.500. The second-order valence-electron chi connectivity index (χ2n) is 10.9. The van der Waals surface area contributed by atoms with Crippen molar-refractivity contribution in [2.24, 2.45) is 0 Å². The topological polar surface area (TPSA) is 91.8 Å². The van der Waals surface area contributed by atoms with Crippen molar-refractivity contribution in [2.75, 3.05) is 13.1 Å². The lowest BCUT2D eigenvalue weighted by molar-refractivity contribution is -0.141. The van der Waals surface area contributed by atoms with E-state index in [0.29, 0.717) is 24.3 Å². The zero-order chi connectivity index (χ0) is 27.3. The number of hydrogen-bond acceptors (Lipinski definition) is 6. The number of carbonyl (C=O) groups excluding carboxylic acids is 3. The monoisotopic (exact) mass is 542 g/mol. The van der Waals surface area contributed by atoms with Crippen LogP contribution in [0, 0.1) is 0 Å². The van der Waals surface area contributed by atoms with E-state index < -0.39 is 23.8 Å². The lowest BCUT2D eigenvalue weighted by Gasteiger charge is -2.48. The van der Waals surface area contributed by atoms with Gasteiger partial charge in [-0.25, -0.2) is 0 Å². The Bertz CT molecular complexity index is 1290. The highest BCUT2D eigenvalue weighted by atomic mass is 19.4. The van der Waals surface area contributed by atoms with Crippen LogP contribution in [0.1, 0.15) is 71.6 Å². The number of piperidine rings is 1. The van der Waals surface area contributed by atoms with Gasteiger partial charge >= 0.3 is 6.18 Å². The molecule has 3 amide bonds. The van der Waals surface area contributed by atoms with Crippen LogP contribution in [0.2, 0.25) is 0 Å². The molecule has 0 spiro atoms. The molecule has 6 rings (SSSR count). The number of benzene rings is 1. The van der Waals surface area contributed by atoms with Crippen LogP contribution in [0.3, 0.4) is 0 Å². The maximum absolute atomic E-state index is 13.0. The molecule has 3 atom stereocenters. The van der Waals surface area contributed by atoms with Crippen molar-refractivity contribution in [1.29, 1.82) is 0 Å².